The third kappa shape index (κ3) is 5.52. The molecule has 2 N–H and O–H groups in total. The zero-order valence-corrected chi connectivity index (χ0v) is 13.1. The van der Waals surface area contributed by atoms with E-state index in [1.807, 2.05) is 6.92 Å². The van der Waals surface area contributed by atoms with Crippen molar-refractivity contribution in [3.8, 4) is 0 Å². The molecule has 1 aromatic rings. The summed E-state index contributed by atoms with van der Waals surface area (Å²) in [6.07, 6.45) is 3.38. The van der Waals surface area contributed by atoms with Crippen LogP contribution in [0.4, 0.5) is 5.82 Å². The Kier molecular flexibility index (Phi) is 6.26. The minimum atomic E-state index is -0.248. The molecule has 1 aliphatic carbocycles. The summed E-state index contributed by atoms with van der Waals surface area (Å²) in [5, 5.41) is 6.24. The van der Waals surface area contributed by atoms with Crippen molar-refractivity contribution in [2.45, 2.75) is 26.2 Å². The molecule has 1 fully saturated rings. The number of halogens is 1. The molecule has 0 aliphatic heterocycles. The van der Waals surface area contributed by atoms with Crippen molar-refractivity contribution in [1.29, 1.82) is 0 Å². The van der Waals surface area contributed by atoms with Crippen LogP contribution >= 0.6 is 11.6 Å². The van der Waals surface area contributed by atoms with Gasteiger partial charge in [-0.1, -0.05) is 11.6 Å². The summed E-state index contributed by atoms with van der Waals surface area (Å²) < 4.78 is 5.52. The molecule has 1 saturated carbocycles. The van der Waals surface area contributed by atoms with Crippen molar-refractivity contribution >= 4 is 23.3 Å². The van der Waals surface area contributed by atoms with Crippen LogP contribution in [0.25, 0.3) is 0 Å². The fraction of sp³-hybridized carbons (Fsp3) is 0.600. The van der Waals surface area contributed by atoms with Crippen LogP contribution in [-0.4, -0.2) is 37.2 Å². The van der Waals surface area contributed by atoms with E-state index in [0.29, 0.717) is 24.0 Å². The lowest BCUT2D eigenvalue weighted by atomic mass is 10.3. The Morgan fingerprint density at radius 1 is 1.48 bits per heavy atom. The maximum atomic E-state index is 12.0. The lowest BCUT2D eigenvalue weighted by molar-refractivity contribution is 0.0933. The smallest absolute Gasteiger partial charge is 0.271 e. The number of carbonyl (C=O) groups is 1. The molecular weight excluding hydrogens is 290 g/mol. The molecule has 0 bridgehead atoms. The van der Waals surface area contributed by atoms with Crippen LogP contribution in [-0.2, 0) is 4.74 Å². The quantitative estimate of drug-likeness (QED) is 0.688. The summed E-state index contributed by atoms with van der Waals surface area (Å²) in [6.45, 7) is 4.81. The number of hydrogen-bond donors (Lipinski definition) is 2. The van der Waals surface area contributed by atoms with Crippen LogP contribution in [0.3, 0.4) is 0 Å². The Bertz CT molecular complexity index is 478. The lowest BCUT2D eigenvalue weighted by Gasteiger charge is -2.09. The summed E-state index contributed by atoms with van der Waals surface area (Å²) >= 11 is 6.02. The standard InChI is InChI=1S/C15H22ClN3O2/c1-2-17-13-7-6-12(16)14(19-13)15(20)18-8-3-9-21-10-11-4-5-11/h6-7,11H,2-5,8-10H2,1H3,(H,17,19)(H,18,20). The van der Waals surface area contributed by atoms with Gasteiger partial charge in [0.1, 0.15) is 11.5 Å². The number of rotatable bonds is 9. The van der Waals surface area contributed by atoms with Gasteiger partial charge >= 0.3 is 0 Å². The van der Waals surface area contributed by atoms with Crippen LogP contribution in [0, 0.1) is 5.92 Å². The fourth-order valence-electron chi connectivity index (χ4n) is 1.88. The van der Waals surface area contributed by atoms with Crippen LogP contribution in [0.2, 0.25) is 5.02 Å². The number of hydrogen-bond acceptors (Lipinski definition) is 4. The largest absolute Gasteiger partial charge is 0.381 e. The lowest BCUT2D eigenvalue weighted by Crippen LogP contribution is -2.26. The Labute approximate surface area is 130 Å². The van der Waals surface area contributed by atoms with Crippen LogP contribution in [0.15, 0.2) is 12.1 Å². The second-order valence-corrected chi connectivity index (χ2v) is 5.59. The first-order chi connectivity index (χ1) is 10.2. The highest BCUT2D eigenvalue weighted by Crippen LogP contribution is 2.28. The molecular formula is C15H22ClN3O2. The molecule has 2 rings (SSSR count). The summed E-state index contributed by atoms with van der Waals surface area (Å²) in [7, 11) is 0. The molecule has 1 aromatic heterocycles. The molecule has 1 heterocycles. The van der Waals surface area contributed by atoms with Crippen molar-refractivity contribution in [1.82, 2.24) is 10.3 Å². The van der Waals surface area contributed by atoms with E-state index in [0.717, 1.165) is 25.5 Å². The molecule has 0 saturated heterocycles. The SMILES string of the molecule is CCNc1ccc(Cl)c(C(=O)NCCCOCC2CC2)n1. The molecule has 21 heavy (non-hydrogen) atoms. The van der Waals surface area contributed by atoms with E-state index in [2.05, 4.69) is 15.6 Å². The van der Waals surface area contributed by atoms with Gasteiger partial charge in [0, 0.05) is 26.3 Å². The Balaban J connectivity index is 1.72. The summed E-state index contributed by atoms with van der Waals surface area (Å²) in [4.78, 5) is 16.3. The van der Waals surface area contributed by atoms with Gasteiger partial charge < -0.3 is 15.4 Å². The summed E-state index contributed by atoms with van der Waals surface area (Å²) in [6, 6.07) is 3.44. The predicted octanol–water partition coefficient (Wildman–Crippen LogP) is 2.71. The second kappa shape index (κ2) is 8.20. The van der Waals surface area contributed by atoms with Crippen molar-refractivity contribution in [2.75, 3.05) is 31.6 Å². The number of nitrogens with zero attached hydrogens (tertiary/aromatic N) is 1. The van der Waals surface area contributed by atoms with Crippen molar-refractivity contribution in [3.05, 3.63) is 22.8 Å². The Hall–Kier alpha value is -1.33. The number of carbonyl (C=O) groups excluding carboxylic acids is 1. The third-order valence-electron chi connectivity index (χ3n) is 3.22. The minimum absolute atomic E-state index is 0.248. The summed E-state index contributed by atoms with van der Waals surface area (Å²) in [5.74, 6) is 1.18. The minimum Gasteiger partial charge on any atom is -0.381 e. The first-order valence-corrected chi connectivity index (χ1v) is 7.85. The number of pyridine rings is 1. The average molecular weight is 312 g/mol. The van der Waals surface area contributed by atoms with E-state index in [1.165, 1.54) is 12.8 Å². The van der Waals surface area contributed by atoms with Crippen molar-refractivity contribution < 1.29 is 9.53 Å². The van der Waals surface area contributed by atoms with Gasteiger partial charge in [-0.3, -0.25) is 4.79 Å². The number of anilines is 1. The van der Waals surface area contributed by atoms with Gasteiger partial charge in [-0.15, -0.1) is 0 Å². The van der Waals surface area contributed by atoms with Gasteiger partial charge in [0.2, 0.25) is 0 Å². The third-order valence-corrected chi connectivity index (χ3v) is 3.53. The first kappa shape index (κ1) is 16.0. The van der Waals surface area contributed by atoms with E-state index in [9.17, 15) is 4.79 Å². The number of ether oxygens (including phenoxy) is 1. The summed E-state index contributed by atoms with van der Waals surface area (Å²) in [5.41, 5.74) is 0.258. The molecule has 1 amide bonds. The van der Waals surface area contributed by atoms with E-state index < -0.39 is 0 Å². The van der Waals surface area contributed by atoms with E-state index >= 15 is 0 Å². The van der Waals surface area contributed by atoms with Crippen molar-refractivity contribution in [2.24, 2.45) is 5.92 Å². The zero-order chi connectivity index (χ0) is 15.1. The number of amides is 1. The monoisotopic (exact) mass is 311 g/mol. The fourth-order valence-corrected chi connectivity index (χ4v) is 2.07. The number of nitrogens with one attached hydrogen (secondary N) is 2. The van der Waals surface area contributed by atoms with E-state index in [-0.39, 0.29) is 11.6 Å². The van der Waals surface area contributed by atoms with Gasteiger partial charge in [0.05, 0.1) is 5.02 Å². The molecule has 0 atom stereocenters. The molecule has 6 heteroatoms. The van der Waals surface area contributed by atoms with Crippen LogP contribution < -0.4 is 10.6 Å². The maximum absolute atomic E-state index is 12.0. The van der Waals surface area contributed by atoms with Crippen LogP contribution in [0.5, 0.6) is 0 Å². The van der Waals surface area contributed by atoms with Gasteiger partial charge in [-0.25, -0.2) is 4.98 Å². The average Bonchev–Trinajstić information content (AvgIpc) is 3.29. The Morgan fingerprint density at radius 3 is 3.00 bits per heavy atom. The van der Waals surface area contributed by atoms with E-state index in [4.69, 9.17) is 16.3 Å². The predicted molar refractivity (Wildman–Crippen MR) is 83.9 cm³/mol. The second-order valence-electron chi connectivity index (χ2n) is 5.18. The zero-order valence-electron chi connectivity index (χ0n) is 12.3. The molecule has 0 aromatic carbocycles. The molecule has 0 spiro atoms. The first-order valence-electron chi connectivity index (χ1n) is 7.47. The van der Waals surface area contributed by atoms with Gasteiger partial charge in [0.25, 0.3) is 5.91 Å². The number of aromatic nitrogens is 1. The highest BCUT2D eigenvalue weighted by molar-refractivity contribution is 6.33. The van der Waals surface area contributed by atoms with Crippen LogP contribution in [0.1, 0.15) is 36.7 Å². The Morgan fingerprint density at radius 2 is 2.29 bits per heavy atom. The highest BCUT2D eigenvalue weighted by atomic mass is 35.5. The molecule has 0 radical (unpaired) electrons. The molecule has 5 nitrogen and oxygen atoms in total. The normalized spacial score (nSPS) is 14.0. The van der Waals surface area contributed by atoms with E-state index in [1.54, 1.807) is 12.1 Å². The van der Waals surface area contributed by atoms with Crippen molar-refractivity contribution in [3.63, 3.8) is 0 Å². The highest BCUT2D eigenvalue weighted by Gasteiger charge is 2.20. The van der Waals surface area contributed by atoms with Gasteiger partial charge in [-0.05, 0) is 44.2 Å². The topological polar surface area (TPSA) is 63.2 Å². The van der Waals surface area contributed by atoms with Gasteiger partial charge in [0.15, 0.2) is 0 Å². The van der Waals surface area contributed by atoms with Gasteiger partial charge in [-0.2, -0.15) is 0 Å². The molecule has 0 unspecified atom stereocenters. The molecule has 116 valence electrons. The maximum Gasteiger partial charge on any atom is 0.271 e. The molecule has 1 aliphatic rings.